The highest BCUT2D eigenvalue weighted by atomic mass is 32.2. The van der Waals surface area contributed by atoms with Gasteiger partial charge in [0.1, 0.15) is 0 Å². The minimum Gasteiger partial charge on any atom is -0.480 e. The molecule has 1 amide bonds. The van der Waals surface area contributed by atoms with Crippen molar-refractivity contribution in [3.63, 3.8) is 0 Å². The van der Waals surface area contributed by atoms with Gasteiger partial charge in [0, 0.05) is 22.3 Å². The molecule has 1 aliphatic rings. The molecule has 0 radical (unpaired) electrons. The number of nitrogens with zero attached hydrogens (tertiary/aromatic N) is 1. The van der Waals surface area contributed by atoms with Gasteiger partial charge in [-0.15, -0.1) is 0 Å². The quantitative estimate of drug-likeness (QED) is 0.897. The van der Waals surface area contributed by atoms with Gasteiger partial charge in [0.05, 0.1) is 24.0 Å². The van der Waals surface area contributed by atoms with E-state index in [1.165, 1.54) is 4.90 Å². The number of amides is 1. The number of carboxylic acid groups (broad SMARTS) is 1. The van der Waals surface area contributed by atoms with Crippen LogP contribution in [-0.4, -0.2) is 57.1 Å². The third kappa shape index (κ3) is 3.53. The molecule has 0 aliphatic carbocycles. The maximum absolute atomic E-state index is 12.5. The maximum atomic E-state index is 12.5. The van der Waals surface area contributed by atoms with Gasteiger partial charge in [-0.3, -0.25) is 9.00 Å². The maximum Gasteiger partial charge on any atom is 0.328 e. The second-order valence-corrected chi connectivity index (χ2v) is 7.31. The van der Waals surface area contributed by atoms with E-state index in [0.29, 0.717) is 17.1 Å². The third-order valence-corrected chi connectivity index (χ3v) is 5.03. The number of carboxylic acids is 1. The molecule has 1 saturated heterocycles. The van der Waals surface area contributed by atoms with Gasteiger partial charge in [0.2, 0.25) is 0 Å². The molecule has 0 bridgehead atoms. The van der Waals surface area contributed by atoms with Crippen molar-refractivity contribution < 1.29 is 23.6 Å². The molecule has 1 aliphatic heterocycles. The van der Waals surface area contributed by atoms with E-state index in [-0.39, 0.29) is 24.3 Å². The van der Waals surface area contributed by atoms with Gasteiger partial charge in [0.15, 0.2) is 6.04 Å². The topological polar surface area (TPSA) is 83.9 Å². The zero-order valence-electron chi connectivity index (χ0n) is 12.5. The molecule has 1 fully saturated rings. The second-order valence-electron chi connectivity index (χ2n) is 5.30. The first-order valence-electron chi connectivity index (χ1n) is 7.04. The summed E-state index contributed by atoms with van der Waals surface area (Å²) in [6, 6.07) is 5.52. The van der Waals surface area contributed by atoms with Crippen molar-refractivity contribution >= 4 is 22.7 Å². The highest BCUT2D eigenvalue weighted by molar-refractivity contribution is 7.85. The molecule has 1 aromatic carbocycles. The molecule has 1 N–H and O–H groups in total. The van der Waals surface area contributed by atoms with Crippen LogP contribution in [0.5, 0.6) is 0 Å². The molecule has 6 nitrogen and oxygen atoms in total. The number of carbonyl (C=O) groups is 2. The van der Waals surface area contributed by atoms with Gasteiger partial charge >= 0.3 is 5.97 Å². The molecule has 0 spiro atoms. The van der Waals surface area contributed by atoms with Crippen molar-refractivity contribution in [2.24, 2.45) is 0 Å². The standard InChI is InChI=1S/C15H19NO5S/c1-10(2)22(20)12-5-3-11(4-6-12)14(17)16-7-8-21-9-13(16)15(18)19/h3-6,10,13H,7-9H2,1-2H3,(H,18,19)/t13-,22-/m1/s1. The number of benzene rings is 1. The Morgan fingerprint density at radius 1 is 1.32 bits per heavy atom. The largest absolute Gasteiger partial charge is 0.480 e. The van der Waals surface area contributed by atoms with Crippen LogP contribution in [0.2, 0.25) is 0 Å². The smallest absolute Gasteiger partial charge is 0.328 e. The van der Waals surface area contributed by atoms with E-state index in [2.05, 4.69) is 0 Å². The Bertz CT molecular complexity index is 584. The highest BCUT2D eigenvalue weighted by Crippen LogP contribution is 2.16. The van der Waals surface area contributed by atoms with Crippen LogP contribution in [0.15, 0.2) is 29.2 Å². The van der Waals surface area contributed by atoms with Crippen molar-refractivity contribution in [1.29, 1.82) is 0 Å². The molecular weight excluding hydrogens is 306 g/mol. The molecule has 1 aromatic rings. The Morgan fingerprint density at radius 3 is 2.50 bits per heavy atom. The first-order valence-corrected chi connectivity index (χ1v) is 8.25. The summed E-state index contributed by atoms with van der Waals surface area (Å²) in [5, 5.41) is 9.17. The van der Waals surface area contributed by atoms with E-state index < -0.39 is 22.8 Å². The highest BCUT2D eigenvalue weighted by Gasteiger charge is 2.33. The van der Waals surface area contributed by atoms with Crippen LogP contribution in [0, 0.1) is 0 Å². The molecule has 0 unspecified atom stereocenters. The van der Waals surface area contributed by atoms with Crippen molar-refractivity contribution in [1.82, 2.24) is 4.90 Å². The predicted octanol–water partition coefficient (Wildman–Crippen LogP) is 1.13. The zero-order chi connectivity index (χ0) is 16.3. The molecular formula is C15H19NO5S. The normalized spacial score (nSPS) is 20.0. The van der Waals surface area contributed by atoms with Crippen molar-refractivity contribution in [3.05, 3.63) is 29.8 Å². The molecule has 7 heteroatoms. The summed E-state index contributed by atoms with van der Waals surface area (Å²) >= 11 is 0. The van der Waals surface area contributed by atoms with Crippen molar-refractivity contribution in [3.8, 4) is 0 Å². The summed E-state index contributed by atoms with van der Waals surface area (Å²) in [6.07, 6.45) is 0. The second kappa shape index (κ2) is 7.02. The van der Waals surface area contributed by atoms with Crippen LogP contribution in [0.4, 0.5) is 0 Å². The Balaban J connectivity index is 2.18. The lowest BCUT2D eigenvalue weighted by Gasteiger charge is -2.32. The van der Waals surface area contributed by atoms with Gasteiger partial charge in [-0.25, -0.2) is 4.79 Å². The van der Waals surface area contributed by atoms with E-state index in [0.717, 1.165) is 0 Å². The number of aliphatic carboxylic acids is 1. The summed E-state index contributed by atoms with van der Waals surface area (Å²) in [6.45, 7) is 4.29. The van der Waals surface area contributed by atoms with Gasteiger partial charge in [-0.2, -0.15) is 0 Å². The molecule has 2 atom stereocenters. The Kier molecular flexibility index (Phi) is 5.31. The minimum atomic E-state index is -1.11. The minimum absolute atomic E-state index is 0.00261. The van der Waals surface area contributed by atoms with Crippen LogP contribution in [0.25, 0.3) is 0 Å². The summed E-state index contributed by atoms with van der Waals surface area (Å²) < 4.78 is 17.1. The van der Waals surface area contributed by atoms with Crippen LogP contribution in [-0.2, 0) is 20.3 Å². The number of carbonyl (C=O) groups excluding carboxylic acids is 1. The molecule has 2 rings (SSSR count). The first-order chi connectivity index (χ1) is 10.4. The summed E-state index contributed by atoms with van der Waals surface area (Å²) in [5.41, 5.74) is 0.387. The van der Waals surface area contributed by atoms with Crippen LogP contribution < -0.4 is 0 Å². The fourth-order valence-electron chi connectivity index (χ4n) is 2.22. The van der Waals surface area contributed by atoms with Gasteiger partial charge in [0.25, 0.3) is 5.91 Å². The molecule has 0 aromatic heterocycles. The average molecular weight is 325 g/mol. The predicted molar refractivity (Wildman–Crippen MR) is 81.3 cm³/mol. The summed E-state index contributed by atoms with van der Waals surface area (Å²) in [5.74, 6) is -1.43. The van der Waals surface area contributed by atoms with Crippen LogP contribution >= 0.6 is 0 Å². The lowest BCUT2D eigenvalue weighted by molar-refractivity contribution is -0.147. The lowest BCUT2D eigenvalue weighted by Crippen LogP contribution is -2.52. The lowest BCUT2D eigenvalue weighted by atomic mass is 10.1. The number of ether oxygens (including phenoxy) is 1. The SMILES string of the molecule is CC(C)[S@@](=O)c1ccc(C(=O)N2CCOC[C@@H]2C(=O)O)cc1. The molecule has 0 saturated carbocycles. The van der Waals surface area contributed by atoms with Gasteiger partial charge in [-0.05, 0) is 24.3 Å². The van der Waals surface area contributed by atoms with E-state index in [4.69, 9.17) is 9.84 Å². The zero-order valence-corrected chi connectivity index (χ0v) is 13.3. The van der Waals surface area contributed by atoms with Gasteiger partial charge < -0.3 is 14.7 Å². The number of hydrogen-bond acceptors (Lipinski definition) is 4. The fourth-order valence-corrected chi connectivity index (χ4v) is 3.17. The number of morpholine rings is 1. The number of rotatable bonds is 4. The average Bonchev–Trinajstić information content (AvgIpc) is 2.53. The van der Waals surface area contributed by atoms with E-state index in [1.54, 1.807) is 24.3 Å². The van der Waals surface area contributed by atoms with E-state index in [9.17, 15) is 13.8 Å². The number of hydrogen-bond donors (Lipinski definition) is 1. The monoisotopic (exact) mass is 325 g/mol. The van der Waals surface area contributed by atoms with Gasteiger partial charge in [-0.1, -0.05) is 13.8 Å². The Labute approximate surface area is 131 Å². The van der Waals surface area contributed by atoms with Crippen LogP contribution in [0.1, 0.15) is 24.2 Å². The fraction of sp³-hybridized carbons (Fsp3) is 0.467. The Hall–Kier alpha value is -1.73. The summed E-state index contributed by atoms with van der Waals surface area (Å²) in [7, 11) is -1.11. The van der Waals surface area contributed by atoms with Crippen molar-refractivity contribution in [2.45, 2.75) is 30.0 Å². The Morgan fingerprint density at radius 2 is 1.95 bits per heavy atom. The molecule has 22 heavy (non-hydrogen) atoms. The van der Waals surface area contributed by atoms with Crippen molar-refractivity contribution in [2.75, 3.05) is 19.8 Å². The van der Waals surface area contributed by atoms with Crippen LogP contribution in [0.3, 0.4) is 0 Å². The first kappa shape index (κ1) is 16.6. The molecule has 1 heterocycles. The third-order valence-electron chi connectivity index (χ3n) is 3.44. The van der Waals surface area contributed by atoms with E-state index >= 15 is 0 Å². The summed E-state index contributed by atoms with van der Waals surface area (Å²) in [4.78, 5) is 25.6. The van der Waals surface area contributed by atoms with E-state index in [1.807, 2.05) is 13.8 Å². The molecule has 120 valence electrons.